The third kappa shape index (κ3) is 52.5. The SMILES string of the molecule is CC/C=C\C/C=C\C/C=C\CCCCCCCCOCC(COC(=O)CCCCCCCCCCCCCCCCCCC)OC(=O)CCCCCCC/C=C\CCCCCCCC. The molecule has 0 bridgehead atoms. The minimum atomic E-state index is -0.545. The fourth-order valence-corrected chi connectivity index (χ4v) is 8.17. The van der Waals surface area contributed by atoms with Gasteiger partial charge in [-0.2, -0.15) is 0 Å². The first-order chi connectivity index (χ1) is 31.6. The molecule has 1 unspecified atom stereocenters. The normalized spacial score (nSPS) is 12.5. The highest BCUT2D eigenvalue weighted by molar-refractivity contribution is 5.70. The van der Waals surface area contributed by atoms with Crippen molar-refractivity contribution >= 4 is 11.9 Å². The Kier molecular flexibility index (Phi) is 53.3. The maximum absolute atomic E-state index is 12.8. The van der Waals surface area contributed by atoms with Crippen molar-refractivity contribution in [1.29, 1.82) is 0 Å². The first-order valence-electron chi connectivity index (χ1n) is 28.2. The number of carbonyl (C=O) groups is 2. The van der Waals surface area contributed by atoms with Gasteiger partial charge in [0.05, 0.1) is 6.61 Å². The Morgan fingerprint density at radius 3 is 1.14 bits per heavy atom. The lowest BCUT2D eigenvalue weighted by atomic mass is 10.0. The molecule has 1 atom stereocenters. The van der Waals surface area contributed by atoms with Gasteiger partial charge in [0, 0.05) is 19.4 Å². The molecule has 0 saturated carbocycles. The van der Waals surface area contributed by atoms with Gasteiger partial charge in [-0.1, -0.05) is 249 Å². The summed E-state index contributed by atoms with van der Waals surface area (Å²) in [6.45, 7) is 7.72. The molecule has 0 aromatic rings. The molecule has 0 spiro atoms. The molecule has 0 amide bonds. The van der Waals surface area contributed by atoms with Crippen molar-refractivity contribution < 1.29 is 23.8 Å². The van der Waals surface area contributed by atoms with Gasteiger partial charge in [-0.3, -0.25) is 9.59 Å². The molecule has 0 fully saturated rings. The average molecular weight is 898 g/mol. The van der Waals surface area contributed by atoms with E-state index < -0.39 is 6.10 Å². The molecule has 0 rings (SSSR count). The Balaban J connectivity index is 4.26. The fourth-order valence-electron chi connectivity index (χ4n) is 8.17. The van der Waals surface area contributed by atoms with Crippen LogP contribution in [-0.2, 0) is 23.8 Å². The van der Waals surface area contributed by atoms with E-state index in [9.17, 15) is 9.59 Å². The minimum Gasteiger partial charge on any atom is -0.462 e. The van der Waals surface area contributed by atoms with Gasteiger partial charge >= 0.3 is 11.9 Å². The van der Waals surface area contributed by atoms with Crippen LogP contribution < -0.4 is 0 Å². The Morgan fingerprint density at radius 2 is 0.703 bits per heavy atom. The zero-order valence-electron chi connectivity index (χ0n) is 43.1. The maximum Gasteiger partial charge on any atom is 0.306 e. The van der Waals surface area contributed by atoms with Gasteiger partial charge in [-0.25, -0.2) is 0 Å². The van der Waals surface area contributed by atoms with Crippen LogP contribution >= 0.6 is 0 Å². The zero-order valence-corrected chi connectivity index (χ0v) is 43.1. The molecule has 0 aliphatic rings. The van der Waals surface area contributed by atoms with Crippen molar-refractivity contribution in [2.24, 2.45) is 0 Å². The van der Waals surface area contributed by atoms with Gasteiger partial charge in [0.25, 0.3) is 0 Å². The summed E-state index contributed by atoms with van der Waals surface area (Å²) in [6.07, 6.45) is 68.4. The van der Waals surface area contributed by atoms with E-state index >= 15 is 0 Å². The van der Waals surface area contributed by atoms with Crippen molar-refractivity contribution in [2.75, 3.05) is 19.8 Å². The number of allylic oxidation sites excluding steroid dienone is 8. The molecule has 5 heteroatoms. The summed E-state index contributed by atoms with van der Waals surface area (Å²) in [7, 11) is 0. The van der Waals surface area contributed by atoms with E-state index in [1.165, 1.54) is 180 Å². The summed E-state index contributed by atoms with van der Waals surface area (Å²) < 4.78 is 17.5. The Labute approximate surface area is 399 Å². The lowest BCUT2D eigenvalue weighted by molar-refractivity contribution is -0.163. The van der Waals surface area contributed by atoms with Crippen molar-refractivity contribution in [2.45, 2.75) is 297 Å². The van der Waals surface area contributed by atoms with E-state index in [2.05, 4.69) is 69.4 Å². The average Bonchev–Trinajstić information content (AvgIpc) is 3.30. The highest BCUT2D eigenvalue weighted by Crippen LogP contribution is 2.16. The largest absolute Gasteiger partial charge is 0.462 e. The van der Waals surface area contributed by atoms with Crippen LogP contribution in [0.25, 0.3) is 0 Å². The van der Waals surface area contributed by atoms with Gasteiger partial charge in [0.15, 0.2) is 6.10 Å². The lowest BCUT2D eigenvalue weighted by Crippen LogP contribution is -2.30. The molecule has 0 aliphatic carbocycles. The Bertz CT molecular complexity index is 1060. The van der Waals surface area contributed by atoms with Crippen LogP contribution in [0.1, 0.15) is 290 Å². The second-order valence-corrected chi connectivity index (χ2v) is 18.8. The van der Waals surface area contributed by atoms with Crippen LogP contribution in [0.3, 0.4) is 0 Å². The first kappa shape index (κ1) is 61.9. The van der Waals surface area contributed by atoms with E-state index in [0.717, 1.165) is 77.0 Å². The topological polar surface area (TPSA) is 61.8 Å². The van der Waals surface area contributed by atoms with Crippen LogP contribution in [0.4, 0.5) is 0 Å². The van der Waals surface area contributed by atoms with Gasteiger partial charge < -0.3 is 14.2 Å². The number of rotatable bonds is 52. The summed E-state index contributed by atoms with van der Waals surface area (Å²) in [5.74, 6) is -0.399. The van der Waals surface area contributed by atoms with Gasteiger partial charge in [0.1, 0.15) is 6.61 Å². The predicted octanol–water partition coefficient (Wildman–Crippen LogP) is 19.1. The molecule has 0 heterocycles. The van der Waals surface area contributed by atoms with E-state index in [0.29, 0.717) is 19.4 Å². The van der Waals surface area contributed by atoms with Crippen LogP contribution in [-0.4, -0.2) is 37.9 Å². The highest BCUT2D eigenvalue weighted by Gasteiger charge is 2.17. The van der Waals surface area contributed by atoms with Gasteiger partial charge in [-0.05, 0) is 77.0 Å². The van der Waals surface area contributed by atoms with E-state index in [1.807, 2.05) is 0 Å². The molecule has 5 nitrogen and oxygen atoms in total. The standard InChI is InChI=1S/C59H108O5/c1-4-7-10-13-16-19-22-25-28-30-32-34-37-40-43-46-49-52-58(60)63-56-57(55-62-54-51-48-45-42-39-36-33-29-26-23-20-17-14-11-8-5-2)64-59(61)53-50-47-44-41-38-35-31-27-24-21-18-15-12-9-6-3/h8,11,17,20,26-27,29,31,57H,4-7,9-10,12-16,18-19,21-25,28,30,32-56H2,1-3H3/b11-8-,20-17-,29-26-,31-27-. The smallest absolute Gasteiger partial charge is 0.306 e. The van der Waals surface area contributed by atoms with Crippen LogP contribution in [0.2, 0.25) is 0 Å². The summed E-state index contributed by atoms with van der Waals surface area (Å²) in [6, 6.07) is 0. The number of carbonyl (C=O) groups excluding carboxylic acids is 2. The van der Waals surface area contributed by atoms with Crippen molar-refractivity contribution in [3.8, 4) is 0 Å². The highest BCUT2D eigenvalue weighted by atomic mass is 16.6. The van der Waals surface area contributed by atoms with Crippen molar-refractivity contribution in [3.05, 3.63) is 48.6 Å². The number of hydrogen-bond donors (Lipinski definition) is 0. The van der Waals surface area contributed by atoms with Crippen LogP contribution in [0, 0.1) is 0 Å². The van der Waals surface area contributed by atoms with E-state index in [4.69, 9.17) is 14.2 Å². The second-order valence-electron chi connectivity index (χ2n) is 18.8. The molecule has 64 heavy (non-hydrogen) atoms. The molecule has 0 aromatic heterocycles. The molecule has 0 aliphatic heterocycles. The molecule has 0 N–H and O–H groups in total. The first-order valence-corrected chi connectivity index (χ1v) is 28.2. The minimum absolute atomic E-state index is 0.0803. The quantitative estimate of drug-likeness (QED) is 0.0346. The Hall–Kier alpha value is -2.14. The maximum atomic E-state index is 12.8. The van der Waals surface area contributed by atoms with E-state index in [1.54, 1.807) is 0 Å². The predicted molar refractivity (Wildman–Crippen MR) is 279 cm³/mol. The van der Waals surface area contributed by atoms with Gasteiger partial charge in [-0.15, -0.1) is 0 Å². The monoisotopic (exact) mass is 897 g/mol. The third-order valence-corrected chi connectivity index (χ3v) is 12.3. The molecule has 0 aromatic carbocycles. The Morgan fingerprint density at radius 1 is 0.359 bits per heavy atom. The lowest BCUT2D eigenvalue weighted by Gasteiger charge is -2.18. The molecular weight excluding hydrogens is 789 g/mol. The van der Waals surface area contributed by atoms with Gasteiger partial charge in [0.2, 0.25) is 0 Å². The molecule has 0 radical (unpaired) electrons. The second kappa shape index (κ2) is 55.2. The number of esters is 2. The molecule has 0 saturated heterocycles. The number of unbranched alkanes of at least 4 members (excludes halogenated alkanes) is 33. The summed E-state index contributed by atoms with van der Waals surface area (Å²) >= 11 is 0. The summed E-state index contributed by atoms with van der Waals surface area (Å²) in [5.41, 5.74) is 0. The van der Waals surface area contributed by atoms with Crippen molar-refractivity contribution in [3.63, 3.8) is 0 Å². The van der Waals surface area contributed by atoms with Crippen LogP contribution in [0.5, 0.6) is 0 Å². The van der Waals surface area contributed by atoms with Crippen LogP contribution in [0.15, 0.2) is 48.6 Å². The molecular formula is C59H108O5. The number of ether oxygens (including phenoxy) is 3. The van der Waals surface area contributed by atoms with Crippen molar-refractivity contribution in [1.82, 2.24) is 0 Å². The van der Waals surface area contributed by atoms with E-state index in [-0.39, 0.29) is 25.2 Å². The number of hydrogen-bond acceptors (Lipinski definition) is 5. The zero-order chi connectivity index (χ0) is 46.3. The third-order valence-electron chi connectivity index (χ3n) is 12.3. The summed E-state index contributed by atoms with van der Waals surface area (Å²) in [5, 5.41) is 0. The fraction of sp³-hybridized carbons (Fsp3) is 0.831. The summed E-state index contributed by atoms with van der Waals surface area (Å²) in [4.78, 5) is 25.5. The molecule has 374 valence electrons.